The molecule has 0 bridgehead atoms. The van der Waals surface area contributed by atoms with Gasteiger partial charge in [0.15, 0.2) is 17.5 Å². The standard InChI is InChI=1S/C21H23FN6O2/c1-12-9-17(26-25-12)23-19-16-10-14(21(2,3)29)11-28(16)27-20(24-19)18(30-4)13-5-7-15(22)8-6-13/h5-11,18,29H,1-4H3,(H2,23,24,25,26,27). The number of fused-ring (bicyclic) bond motifs is 1. The second kappa shape index (κ2) is 7.51. The van der Waals surface area contributed by atoms with Crippen LogP contribution >= 0.6 is 0 Å². The van der Waals surface area contributed by atoms with Gasteiger partial charge in [0.2, 0.25) is 0 Å². The van der Waals surface area contributed by atoms with Crippen LogP contribution in [0.3, 0.4) is 0 Å². The van der Waals surface area contributed by atoms with Crippen LogP contribution < -0.4 is 5.32 Å². The number of methoxy groups -OCH3 is 1. The molecular weight excluding hydrogens is 387 g/mol. The minimum absolute atomic E-state index is 0.332. The molecule has 1 aromatic carbocycles. The molecule has 0 radical (unpaired) electrons. The van der Waals surface area contributed by atoms with Gasteiger partial charge in [0.1, 0.15) is 17.4 Å². The molecule has 9 heteroatoms. The maximum atomic E-state index is 13.4. The first-order chi connectivity index (χ1) is 14.2. The Morgan fingerprint density at radius 3 is 2.57 bits per heavy atom. The molecule has 4 rings (SSSR count). The van der Waals surface area contributed by atoms with Gasteiger partial charge in [-0.25, -0.2) is 13.9 Å². The fraction of sp³-hybridized carbons (Fsp3) is 0.286. The monoisotopic (exact) mass is 410 g/mol. The number of aromatic amines is 1. The number of benzene rings is 1. The molecule has 3 heterocycles. The van der Waals surface area contributed by atoms with Gasteiger partial charge in [-0.1, -0.05) is 12.1 Å². The van der Waals surface area contributed by atoms with E-state index in [1.165, 1.54) is 12.1 Å². The lowest BCUT2D eigenvalue weighted by Crippen LogP contribution is -2.14. The van der Waals surface area contributed by atoms with Gasteiger partial charge in [-0.15, -0.1) is 5.10 Å². The number of hydrogen-bond acceptors (Lipinski definition) is 6. The van der Waals surface area contributed by atoms with Crippen molar-refractivity contribution in [3.63, 3.8) is 0 Å². The van der Waals surface area contributed by atoms with Crippen LogP contribution in [0.25, 0.3) is 5.52 Å². The topological polar surface area (TPSA) is 100 Å². The molecule has 30 heavy (non-hydrogen) atoms. The first-order valence-corrected chi connectivity index (χ1v) is 9.45. The maximum absolute atomic E-state index is 13.4. The summed E-state index contributed by atoms with van der Waals surface area (Å²) in [5, 5.41) is 25.3. The van der Waals surface area contributed by atoms with Crippen molar-refractivity contribution in [2.45, 2.75) is 32.5 Å². The van der Waals surface area contributed by atoms with Crippen molar-refractivity contribution in [1.29, 1.82) is 0 Å². The first-order valence-electron chi connectivity index (χ1n) is 9.45. The summed E-state index contributed by atoms with van der Waals surface area (Å²) in [6.45, 7) is 5.31. The van der Waals surface area contributed by atoms with Gasteiger partial charge in [-0.2, -0.15) is 5.10 Å². The van der Waals surface area contributed by atoms with E-state index in [4.69, 9.17) is 4.74 Å². The zero-order valence-corrected chi connectivity index (χ0v) is 17.1. The first kappa shape index (κ1) is 20.0. The van der Waals surface area contributed by atoms with Crippen molar-refractivity contribution in [2.75, 3.05) is 12.4 Å². The summed E-state index contributed by atoms with van der Waals surface area (Å²) in [6.07, 6.45) is 1.14. The van der Waals surface area contributed by atoms with E-state index >= 15 is 0 Å². The molecule has 1 atom stereocenters. The molecule has 156 valence electrons. The van der Waals surface area contributed by atoms with Gasteiger partial charge >= 0.3 is 0 Å². The quantitative estimate of drug-likeness (QED) is 0.449. The third-order valence-corrected chi connectivity index (χ3v) is 4.78. The van der Waals surface area contributed by atoms with E-state index in [0.29, 0.717) is 28.5 Å². The van der Waals surface area contributed by atoms with Crippen LogP contribution in [0.15, 0.2) is 42.6 Å². The summed E-state index contributed by atoms with van der Waals surface area (Å²) < 4.78 is 20.6. The third kappa shape index (κ3) is 3.89. The second-order valence-electron chi connectivity index (χ2n) is 7.66. The number of aliphatic hydroxyl groups is 1. The molecule has 0 amide bonds. The van der Waals surface area contributed by atoms with Crippen LogP contribution in [-0.4, -0.2) is 37.0 Å². The lowest BCUT2D eigenvalue weighted by atomic mass is 10.0. The predicted octanol–water partition coefficient (Wildman–Crippen LogP) is 3.61. The van der Waals surface area contributed by atoms with E-state index in [0.717, 1.165) is 11.3 Å². The van der Waals surface area contributed by atoms with Crippen LogP contribution in [0, 0.1) is 12.7 Å². The minimum atomic E-state index is -1.05. The zero-order valence-electron chi connectivity index (χ0n) is 17.1. The Morgan fingerprint density at radius 2 is 1.97 bits per heavy atom. The van der Waals surface area contributed by atoms with Crippen molar-refractivity contribution >= 4 is 17.2 Å². The lowest BCUT2D eigenvalue weighted by Gasteiger charge is -2.16. The smallest absolute Gasteiger partial charge is 0.184 e. The molecule has 0 aliphatic rings. The van der Waals surface area contributed by atoms with Crippen LogP contribution in [0.5, 0.6) is 0 Å². The molecule has 0 spiro atoms. The van der Waals surface area contributed by atoms with E-state index in [1.807, 2.05) is 19.1 Å². The van der Waals surface area contributed by atoms with E-state index in [9.17, 15) is 9.50 Å². The molecule has 8 nitrogen and oxygen atoms in total. The summed E-state index contributed by atoms with van der Waals surface area (Å²) >= 11 is 0. The van der Waals surface area contributed by atoms with Gasteiger partial charge in [0.05, 0.1) is 5.60 Å². The fourth-order valence-corrected chi connectivity index (χ4v) is 3.19. The summed E-state index contributed by atoms with van der Waals surface area (Å²) in [6, 6.07) is 9.69. The number of halogens is 1. The largest absolute Gasteiger partial charge is 0.386 e. The van der Waals surface area contributed by atoms with E-state index in [1.54, 1.807) is 43.8 Å². The van der Waals surface area contributed by atoms with Crippen molar-refractivity contribution in [3.05, 3.63) is 71.1 Å². The van der Waals surface area contributed by atoms with E-state index < -0.39 is 11.7 Å². The number of anilines is 2. The van der Waals surface area contributed by atoms with Gasteiger partial charge in [0.25, 0.3) is 0 Å². The molecule has 1 unspecified atom stereocenters. The highest BCUT2D eigenvalue weighted by Gasteiger charge is 2.23. The Bertz CT molecular complexity index is 1180. The molecule has 3 aromatic heterocycles. The fourth-order valence-electron chi connectivity index (χ4n) is 3.19. The number of aryl methyl sites for hydroxylation is 1. The van der Waals surface area contributed by atoms with Crippen LogP contribution in [0.1, 0.15) is 42.6 Å². The molecule has 4 aromatic rings. The highest BCUT2D eigenvalue weighted by Crippen LogP contribution is 2.30. The SMILES string of the molecule is COC(c1ccc(F)cc1)c1nc(Nc2cc(C)[nH]n2)c2cc(C(C)(C)O)cn2n1. The Balaban J connectivity index is 1.85. The molecule has 0 saturated carbocycles. The summed E-state index contributed by atoms with van der Waals surface area (Å²) in [4.78, 5) is 4.67. The summed E-state index contributed by atoms with van der Waals surface area (Å²) in [5.74, 6) is 1.15. The maximum Gasteiger partial charge on any atom is 0.184 e. The lowest BCUT2D eigenvalue weighted by molar-refractivity contribution is 0.0786. The number of aromatic nitrogens is 5. The Hall–Kier alpha value is -3.30. The summed E-state index contributed by atoms with van der Waals surface area (Å²) in [5.41, 5.74) is 1.92. The average molecular weight is 410 g/mol. The van der Waals surface area contributed by atoms with Gasteiger partial charge in [-0.3, -0.25) is 5.10 Å². The van der Waals surface area contributed by atoms with Crippen molar-refractivity contribution in [3.8, 4) is 0 Å². The normalized spacial score (nSPS) is 13.0. The number of rotatable bonds is 6. The van der Waals surface area contributed by atoms with Gasteiger partial charge in [0, 0.05) is 30.6 Å². The van der Waals surface area contributed by atoms with E-state index in [2.05, 4.69) is 25.6 Å². The Morgan fingerprint density at radius 1 is 1.23 bits per heavy atom. The Kier molecular flexibility index (Phi) is 5.00. The van der Waals surface area contributed by atoms with Crippen molar-refractivity contribution < 1.29 is 14.2 Å². The molecule has 3 N–H and O–H groups in total. The molecule has 0 aliphatic heterocycles. The van der Waals surface area contributed by atoms with E-state index in [-0.39, 0.29) is 5.82 Å². The second-order valence-corrected chi connectivity index (χ2v) is 7.66. The summed E-state index contributed by atoms with van der Waals surface area (Å²) in [7, 11) is 1.55. The number of ether oxygens (including phenoxy) is 1. The highest BCUT2D eigenvalue weighted by atomic mass is 19.1. The highest BCUT2D eigenvalue weighted by molar-refractivity contribution is 5.73. The van der Waals surface area contributed by atoms with Crippen LogP contribution in [0.4, 0.5) is 16.0 Å². The number of nitrogens with zero attached hydrogens (tertiary/aromatic N) is 4. The number of hydrogen-bond donors (Lipinski definition) is 3. The van der Waals surface area contributed by atoms with Crippen LogP contribution in [-0.2, 0) is 10.3 Å². The van der Waals surface area contributed by atoms with Crippen molar-refractivity contribution in [1.82, 2.24) is 24.8 Å². The average Bonchev–Trinajstić information content (AvgIpc) is 3.30. The Labute approximate surface area is 172 Å². The van der Waals surface area contributed by atoms with Gasteiger partial charge < -0.3 is 15.2 Å². The predicted molar refractivity (Wildman–Crippen MR) is 110 cm³/mol. The van der Waals surface area contributed by atoms with Crippen LogP contribution in [0.2, 0.25) is 0 Å². The molecule has 0 aliphatic carbocycles. The van der Waals surface area contributed by atoms with Crippen molar-refractivity contribution in [2.24, 2.45) is 0 Å². The minimum Gasteiger partial charge on any atom is -0.386 e. The molecule has 0 fully saturated rings. The van der Waals surface area contributed by atoms with Gasteiger partial charge in [-0.05, 0) is 44.5 Å². The number of nitrogens with one attached hydrogen (secondary N) is 2. The third-order valence-electron chi connectivity index (χ3n) is 4.78. The zero-order chi connectivity index (χ0) is 21.5. The molecule has 0 saturated heterocycles. The number of H-pyrrole nitrogens is 1. The molecular formula is C21H23FN6O2.